The van der Waals surface area contributed by atoms with Gasteiger partial charge < -0.3 is 15.8 Å². The number of fused-ring (bicyclic) bond motifs is 1. The quantitative estimate of drug-likeness (QED) is 0.544. The summed E-state index contributed by atoms with van der Waals surface area (Å²) in [6, 6.07) is 7.57. The number of hydrogen-bond acceptors (Lipinski definition) is 5. The van der Waals surface area contributed by atoms with Crippen LogP contribution in [0.1, 0.15) is 18.9 Å². The molecule has 8 heteroatoms. The van der Waals surface area contributed by atoms with Crippen LogP contribution in [0.25, 0.3) is 11.0 Å². The second kappa shape index (κ2) is 9.12. The summed E-state index contributed by atoms with van der Waals surface area (Å²) in [5.41, 5.74) is 7.48. The number of hydrogen-bond donors (Lipinski definition) is 2. The van der Waals surface area contributed by atoms with Crippen LogP contribution >= 0.6 is 11.6 Å². The molecule has 3 N–H and O–H groups in total. The summed E-state index contributed by atoms with van der Waals surface area (Å²) >= 11 is 5.94. The summed E-state index contributed by atoms with van der Waals surface area (Å²) in [7, 11) is 0. The third-order valence-corrected chi connectivity index (χ3v) is 4.48. The molecule has 0 fully saturated rings. The van der Waals surface area contributed by atoms with Crippen molar-refractivity contribution in [3.8, 4) is 5.75 Å². The maximum atomic E-state index is 14.3. The van der Waals surface area contributed by atoms with Crippen molar-refractivity contribution in [1.29, 1.82) is 0 Å². The lowest BCUT2D eigenvalue weighted by atomic mass is 10.1. The van der Waals surface area contributed by atoms with Crippen molar-refractivity contribution >= 4 is 28.3 Å². The van der Waals surface area contributed by atoms with E-state index >= 15 is 0 Å². The monoisotopic (exact) mass is 406 g/mol. The van der Waals surface area contributed by atoms with Gasteiger partial charge in [0, 0.05) is 12.5 Å². The summed E-state index contributed by atoms with van der Waals surface area (Å²) < 4.78 is 33.5. The minimum atomic E-state index is -0.501. The fourth-order valence-corrected chi connectivity index (χ4v) is 3.01. The molecule has 0 saturated carbocycles. The van der Waals surface area contributed by atoms with Gasteiger partial charge in [0.1, 0.15) is 27.9 Å². The average molecular weight is 407 g/mol. The van der Waals surface area contributed by atoms with E-state index in [1.165, 1.54) is 12.1 Å². The second-order valence-electron chi connectivity index (χ2n) is 6.46. The smallest absolute Gasteiger partial charge is 0.166 e. The first-order chi connectivity index (χ1) is 13.5. The number of halogens is 3. The van der Waals surface area contributed by atoms with Crippen molar-refractivity contribution in [2.24, 2.45) is 5.73 Å². The van der Waals surface area contributed by atoms with Gasteiger partial charge in [-0.2, -0.15) is 0 Å². The first-order valence-corrected chi connectivity index (χ1v) is 9.34. The van der Waals surface area contributed by atoms with Crippen LogP contribution in [0.4, 0.5) is 14.5 Å². The Kier molecular flexibility index (Phi) is 6.59. The maximum Gasteiger partial charge on any atom is 0.166 e. The van der Waals surface area contributed by atoms with Gasteiger partial charge in [0.25, 0.3) is 0 Å². The molecule has 3 aromatic rings. The predicted octanol–water partition coefficient (Wildman–Crippen LogP) is 4.33. The van der Waals surface area contributed by atoms with Gasteiger partial charge in [-0.1, -0.05) is 11.6 Å². The predicted molar refractivity (Wildman–Crippen MR) is 107 cm³/mol. The van der Waals surface area contributed by atoms with E-state index in [1.807, 2.05) is 6.92 Å². The van der Waals surface area contributed by atoms with E-state index < -0.39 is 5.82 Å². The second-order valence-corrected chi connectivity index (χ2v) is 6.84. The highest BCUT2D eigenvalue weighted by Crippen LogP contribution is 2.26. The lowest BCUT2D eigenvalue weighted by Gasteiger charge is -2.18. The summed E-state index contributed by atoms with van der Waals surface area (Å²) in [5, 5.41) is 3.39. The zero-order chi connectivity index (χ0) is 20.1. The van der Waals surface area contributed by atoms with Crippen molar-refractivity contribution in [1.82, 2.24) is 9.97 Å². The molecule has 0 aliphatic rings. The maximum absolute atomic E-state index is 14.3. The van der Waals surface area contributed by atoms with E-state index in [4.69, 9.17) is 22.1 Å². The molecular weight excluding hydrogens is 386 g/mol. The number of rotatable bonds is 8. The van der Waals surface area contributed by atoms with Crippen LogP contribution in [0.15, 0.2) is 36.5 Å². The number of benzene rings is 1. The lowest BCUT2D eigenvalue weighted by Crippen LogP contribution is -2.20. The molecule has 148 valence electrons. The number of pyridine rings is 2. The molecule has 0 aliphatic heterocycles. The van der Waals surface area contributed by atoms with Crippen LogP contribution in [0.5, 0.6) is 5.75 Å². The van der Waals surface area contributed by atoms with Crippen LogP contribution in [-0.2, 0) is 6.42 Å². The Morgan fingerprint density at radius 1 is 1.25 bits per heavy atom. The SMILES string of the molecule is CC(CCOc1ccc(F)cc1CCN)Nc1c(F)cnc2ccc(Cl)nc12. The van der Waals surface area contributed by atoms with Crippen molar-refractivity contribution in [3.05, 3.63) is 58.9 Å². The molecule has 1 aromatic carbocycles. The Balaban J connectivity index is 1.66. The molecule has 1 atom stereocenters. The van der Waals surface area contributed by atoms with E-state index in [0.717, 1.165) is 11.8 Å². The molecule has 3 rings (SSSR count). The van der Waals surface area contributed by atoms with Crippen molar-refractivity contribution in [2.75, 3.05) is 18.5 Å². The number of ether oxygens (including phenoxy) is 1. The largest absolute Gasteiger partial charge is 0.493 e. The van der Waals surface area contributed by atoms with Gasteiger partial charge >= 0.3 is 0 Å². The molecule has 0 amide bonds. The van der Waals surface area contributed by atoms with Gasteiger partial charge in [0.2, 0.25) is 0 Å². The number of nitrogens with one attached hydrogen (secondary N) is 1. The summed E-state index contributed by atoms with van der Waals surface area (Å²) in [5.74, 6) is -0.219. The Morgan fingerprint density at radius 3 is 2.86 bits per heavy atom. The standard InChI is InChI=1S/C20H21ClF2N4O/c1-12(7-9-28-17-4-2-14(22)10-13(17)6-8-24)26-19-15(23)11-25-16-3-5-18(21)27-20(16)19/h2-5,10-12H,6-9,24H2,1H3,(H,25,26). The first kappa shape index (κ1) is 20.2. The zero-order valence-electron chi connectivity index (χ0n) is 15.4. The van der Waals surface area contributed by atoms with Crippen molar-refractivity contribution in [3.63, 3.8) is 0 Å². The molecule has 0 aliphatic carbocycles. The fraction of sp³-hybridized carbons (Fsp3) is 0.300. The number of nitrogens with zero attached hydrogens (tertiary/aromatic N) is 2. The normalized spacial score (nSPS) is 12.2. The van der Waals surface area contributed by atoms with Crippen LogP contribution in [-0.4, -0.2) is 29.2 Å². The van der Waals surface area contributed by atoms with Crippen LogP contribution in [0.3, 0.4) is 0 Å². The zero-order valence-corrected chi connectivity index (χ0v) is 16.1. The van der Waals surface area contributed by atoms with Gasteiger partial charge in [-0.15, -0.1) is 0 Å². The third kappa shape index (κ3) is 4.85. The van der Waals surface area contributed by atoms with E-state index in [-0.39, 0.29) is 22.7 Å². The first-order valence-electron chi connectivity index (χ1n) is 8.96. The summed E-state index contributed by atoms with van der Waals surface area (Å²) in [6.45, 7) is 2.68. The van der Waals surface area contributed by atoms with Crippen molar-refractivity contribution in [2.45, 2.75) is 25.8 Å². The Bertz CT molecular complexity index is 965. The molecule has 28 heavy (non-hydrogen) atoms. The highest BCUT2D eigenvalue weighted by molar-refractivity contribution is 6.29. The van der Waals surface area contributed by atoms with Gasteiger partial charge in [-0.25, -0.2) is 13.8 Å². The molecule has 5 nitrogen and oxygen atoms in total. The van der Waals surface area contributed by atoms with Crippen LogP contribution < -0.4 is 15.8 Å². The lowest BCUT2D eigenvalue weighted by molar-refractivity contribution is 0.300. The Morgan fingerprint density at radius 2 is 2.07 bits per heavy atom. The third-order valence-electron chi connectivity index (χ3n) is 4.27. The molecule has 1 unspecified atom stereocenters. The fourth-order valence-electron chi connectivity index (χ4n) is 2.86. The number of nitrogens with two attached hydrogens (primary N) is 1. The van der Waals surface area contributed by atoms with Gasteiger partial charge in [-0.05, 0) is 55.8 Å². The highest BCUT2D eigenvalue weighted by atomic mass is 35.5. The van der Waals surface area contributed by atoms with E-state index in [2.05, 4.69) is 15.3 Å². The van der Waals surface area contributed by atoms with Crippen molar-refractivity contribution < 1.29 is 13.5 Å². The van der Waals surface area contributed by atoms with E-state index in [1.54, 1.807) is 18.2 Å². The molecule has 0 saturated heterocycles. The van der Waals surface area contributed by atoms with E-state index in [0.29, 0.717) is 42.8 Å². The van der Waals surface area contributed by atoms with Crippen LogP contribution in [0, 0.1) is 11.6 Å². The molecular formula is C20H21ClF2N4O. The summed E-state index contributed by atoms with van der Waals surface area (Å²) in [4.78, 5) is 8.20. The van der Waals surface area contributed by atoms with Gasteiger partial charge in [0.05, 0.1) is 18.3 Å². The topological polar surface area (TPSA) is 73.1 Å². The molecule has 2 aromatic heterocycles. The molecule has 0 bridgehead atoms. The van der Waals surface area contributed by atoms with Gasteiger partial charge in [0.15, 0.2) is 5.82 Å². The Labute approximate surface area is 166 Å². The van der Waals surface area contributed by atoms with E-state index in [9.17, 15) is 8.78 Å². The molecule has 0 radical (unpaired) electrons. The number of anilines is 1. The highest BCUT2D eigenvalue weighted by Gasteiger charge is 2.14. The average Bonchev–Trinajstić information content (AvgIpc) is 2.66. The summed E-state index contributed by atoms with van der Waals surface area (Å²) in [6.07, 6.45) is 2.27. The Hall–Kier alpha value is -2.51. The molecule has 2 heterocycles. The minimum Gasteiger partial charge on any atom is -0.493 e. The molecule has 0 spiro atoms. The van der Waals surface area contributed by atoms with Crippen LogP contribution in [0.2, 0.25) is 5.15 Å². The number of aromatic nitrogens is 2. The van der Waals surface area contributed by atoms with Gasteiger partial charge in [-0.3, -0.25) is 4.98 Å². The minimum absolute atomic E-state index is 0.112.